The highest BCUT2D eigenvalue weighted by Gasteiger charge is 2.24. The summed E-state index contributed by atoms with van der Waals surface area (Å²) in [6, 6.07) is 7.72. The summed E-state index contributed by atoms with van der Waals surface area (Å²) in [7, 11) is 0. The first-order valence-electron chi connectivity index (χ1n) is 6.12. The van der Waals surface area contributed by atoms with Gasteiger partial charge in [0.15, 0.2) is 0 Å². The van der Waals surface area contributed by atoms with E-state index in [0.717, 1.165) is 18.8 Å². The van der Waals surface area contributed by atoms with E-state index in [1.807, 2.05) is 4.90 Å². The fourth-order valence-electron chi connectivity index (χ4n) is 2.23. The largest absolute Gasteiger partial charge is 0.321 e. The van der Waals surface area contributed by atoms with Crippen LogP contribution in [0.1, 0.15) is 13.8 Å². The van der Waals surface area contributed by atoms with Gasteiger partial charge in [0.05, 0.1) is 0 Å². The maximum Gasteiger partial charge on any atom is 0.321 e. The average molecular weight is 268 g/mol. The molecule has 1 heterocycles. The van der Waals surface area contributed by atoms with Gasteiger partial charge in [-0.25, -0.2) is 4.79 Å². The van der Waals surface area contributed by atoms with Crippen LogP contribution < -0.4 is 10.6 Å². The zero-order chi connectivity index (χ0) is 13.1. The zero-order valence-corrected chi connectivity index (χ0v) is 11.4. The van der Waals surface area contributed by atoms with Crippen LogP contribution in [0.15, 0.2) is 24.3 Å². The summed E-state index contributed by atoms with van der Waals surface area (Å²) in [5.41, 5.74) is 0.767. The van der Waals surface area contributed by atoms with Gasteiger partial charge in [0.1, 0.15) is 0 Å². The smallest absolute Gasteiger partial charge is 0.321 e. The molecule has 2 rings (SSSR count). The molecule has 2 atom stereocenters. The second-order valence-corrected chi connectivity index (χ2v) is 5.25. The summed E-state index contributed by atoms with van der Waals surface area (Å²) >= 11 is 5.80. The molecular formula is C13H18ClN3O. The molecule has 1 aromatic rings. The minimum Gasteiger partial charge on any atom is -0.321 e. The second-order valence-electron chi connectivity index (χ2n) is 4.81. The van der Waals surface area contributed by atoms with Crippen molar-refractivity contribution in [2.24, 2.45) is 0 Å². The fraction of sp³-hybridized carbons (Fsp3) is 0.462. The van der Waals surface area contributed by atoms with Gasteiger partial charge in [0.25, 0.3) is 0 Å². The Morgan fingerprint density at radius 3 is 2.39 bits per heavy atom. The summed E-state index contributed by atoms with van der Waals surface area (Å²) in [6.45, 7) is 5.62. The third-order valence-electron chi connectivity index (χ3n) is 2.94. The molecular weight excluding hydrogens is 250 g/mol. The molecule has 4 nitrogen and oxygen atoms in total. The maximum atomic E-state index is 12.1. The molecule has 0 aromatic heterocycles. The van der Waals surface area contributed by atoms with Gasteiger partial charge in [-0.15, -0.1) is 0 Å². The van der Waals surface area contributed by atoms with Crippen LogP contribution in [0, 0.1) is 0 Å². The van der Waals surface area contributed by atoms with Crippen molar-refractivity contribution in [3.05, 3.63) is 29.3 Å². The maximum absolute atomic E-state index is 12.1. The van der Waals surface area contributed by atoms with E-state index in [1.165, 1.54) is 0 Å². The van der Waals surface area contributed by atoms with E-state index in [4.69, 9.17) is 11.6 Å². The van der Waals surface area contributed by atoms with Crippen molar-refractivity contribution in [2.75, 3.05) is 18.4 Å². The highest BCUT2D eigenvalue weighted by atomic mass is 35.5. The molecule has 0 spiro atoms. The number of carbonyl (C=O) groups is 1. The second kappa shape index (κ2) is 5.59. The van der Waals surface area contributed by atoms with Crippen LogP contribution in [0.5, 0.6) is 0 Å². The van der Waals surface area contributed by atoms with E-state index in [0.29, 0.717) is 17.1 Å². The van der Waals surface area contributed by atoms with Crippen LogP contribution >= 0.6 is 11.6 Å². The molecule has 1 aromatic carbocycles. The number of anilines is 1. The number of hydrogen-bond acceptors (Lipinski definition) is 2. The number of carbonyl (C=O) groups excluding carboxylic acids is 1. The van der Waals surface area contributed by atoms with Crippen molar-refractivity contribution >= 4 is 23.3 Å². The molecule has 0 saturated carbocycles. The first kappa shape index (κ1) is 13.2. The predicted octanol–water partition coefficient (Wildman–Crippen LogP) is 2.55. The number of piperazine rings is 1. The van der Waals surface area contributed by atoms with Crippen LogP contribution in [0.4, 0.5) is 10.5 Å². The molecule has 5 heteroatoms. The lowest BCUT2D eigenvalue weighted by atomic mass is 10.1. The SMILES string of the molecule is CC1CN(C(=O)Nc2ccc(Cl)cc2)CC(C)N1. The molecule has 1 aliphatic heterocycles. The minimum absolute atomic E-state index is 0.0578. The van der Waals surface area contributed by atoms with E-state index in [1.54, 1.807) is 24.3 Å². The molecule has 2 amide bonds. The van der Waals surface area contributed by atoms with Crippen LogP contribution in [-0.4, -0.2) is 36.1 Å². The van der Waals surface area contributed by atoms with Gasteiger partial charge >= 0.3 is 6.03 Å². The van der Waals surface area contributed by atoms with Gasteiger partial charge in [-0.3, -0.25) is 0 Å². The Balaban J connectivity index is 1.97. The van der Waals surface area contributed by atoms with Gasteiger partial charge < -0.3 is 15.5 Å². The summed E-state index contributed by atoms with van der Waals surface area (Å²) < 4.78 is 0. The Kier molecular flexibility index (Phi) is 4.09. The fourth-order valence-corrected chi connectivity index (χ4v) is 2.35. The van der Waals surface area contributed by atoms with Gasteiger partial charge in [-0.2, -0.15) is 0 Å². The van der Waals surface area contributed by atoms with E-state index in [-0.39, 0.29) is 6.03 Å². The van der Waals surface area contributed by atoms with Crippen molar-refractivity contribution in [2.45, 2.75) is 25.9 Å². The number of nitrogens with one attached hydrogen (secondary N) is 2. The van der Waals surface area contributed by atoms with E-state index < -0.39 is 0 Å². The number of rotatable bonds is 1. The summed E-state index contributed by atoms with van der Waals surface area (Å²) in [4.78, 5) is 13.9. The third kappa shape index (κ3) is 3.37. The Hall–Kier alpha value is -1.26. The Bertz CT molecular complexity index is 411. The Morgan fingerprint density at radius 1 is 1.28 bits per heavy atom. The molecule has 1 aliphatic rings. The lowest BCUT2D eigenvalue weighted by Gasteiger charge is -2.36. The first-order valence-corrected chi connectivity index (χ1v) is 6.50. The molecule has 0 radical (unpaired) electrons. The van der Waals surface area contributed by atoms with Crippen LogP contribution in [-0.2, 0) is 0 Å². The van der Waals surface area contributed by atoms with Gasteiger partial charge in [0, 0.05) is 35.9 Å². The molecule has 1 saturated heterocycles. The van der Waals surface area contributed by atoms with E-state index >= 15 is 0 Å². The van der Waals surface area contributed by atoms with Crippen LogP contribution in [0.2, 0.25) is 5.02 Å². The van der Waals surface area contributed by atoms with Crippen molar-refractivity contribution in [1.29, 1.82) is 0 Å². The van der Waals surface area contributed by atoms with Gasteiger partial charge in [0.2, 0.25) is 0 Å². The molecule has 0 bridgehead atoms. The predicted molar refractivity (Wildman–Crippen MR) is 74.1 cm³/mol. The number of nitrogens with zero attached hydrogens (tertiary/aromatic N) is 1. The number of benzene rings is 1. The minimum atomic E-state index is -0.0578. The molecule has 2 unspecified atom stereocenters. The standard InChI is InChI=1S/C13H18ClN3O/c1-9-7-17(8-10(2)15-9)13(18)16-12-5-3-11(14)4-6-12/h3-6,9-10,15H,7-8H2,1-2H3,(H,16,18). The summed E-state index contributed by atoms with van der Waals surface area (Å²) in [6.07, 6.45) is 0. The third-order valence-corrected chi connectivity index (χ3v) is 3.19. The average Bonchev–Trinajstić information content (AvgIpc) is 2.31. The molecule has 98 valence electrons. The molecule has 2 N–H and O–H groups in total. The topological polar surface area (TPSA) is 44.4 Å². The quantitative estimate of drug-likeness (QED) is 0.821. The molecule has 18 heavy (non-hydrogen) atoms. The number of halogens is 1. The summed E-state index contributed by atoms with van der Waals surface area (Å²) in [5, 5.41) is 6.94. The van der Waals surface area contributed by atoms with E-state index in [2.05, 4.69) is 24.5 Å². The van der Waals surface area contributed by atoms with Crippen LogP contribution in [0.25, 0.3) is 0 Å². The Morgan fingerprint density at radius 2 is 1.83 bits per heavy atom. The first-order chi connectivity index (χ1) is 8.54. The highest BCUT2D eigenvalue weighted by molar-refractivity contribution is 6.30. The summed E-state index contributed by atoms with van der Waals surface area (Å²) in [5.74, 6) is 0. The number of urea groups is 1. The van der Waals surface area contributed by atoms with Crippen molar-refractivity contribution in [1.82, 2.24) is 10.2 Å². The van der Waals surface area contributed by atoms with Crippen LogP contribution in [0.3, 0.4) is 0 Å². The van der Waals surface area contributed by atoms with Gasteiger partial charge in [-0.05, 0) is 38.1 Å². The number of amides is 2. The van der Waals surface area contributed by atoms with Crippen molar-refractivity contribution in [3.8, 4) is 0 Å². The number of hydrogen-bond donors (Lipinski definition) is 2. The molecule has 0 aliphatic carbocycles. The molecule has 1 fully saturated rings. The van der Waals surface area contributed by atoms with Gasteiger partial charge in [-0.1, -0.05) is 11.6 Å². The normalized spacial score (nSPS) is 23.8. The highest BCUT2D eigenvalue weighted by Crippen LogP contribution is 2.14. The lowest BCUT2D eigenvalue weighted by Crippen LogP contribution is -2.56. The van der Waals surface area contributed by atoms with Crippen molar-refractivity contribution in [3.63, 3.8) is 0 Å². The monoisotopic (exact) mass is 267 g/mol. The van der Waals surface area contributed by atoms with Crippen molar-refractivity contribution < 1.29 is 4.79 Å². The Labute approximate surface area is 112 Å². The zero-order valence-electron chi connectivity index (χ0n) is 10.6. The van der Waals surface area contributed by atoms with E-state index in [9.17, 15) is 4.79 Å². The lowest BCUT2D eigenvalue weighted by molar-refractivity contribution is 0.176.